The highest BCUT2D eigenvalue weighted by atomic mass is 16.7. The molecule has 0 aliphatic rings. The van der Waals surface area contributed by atoms with Gasteiger partial charge in [-0.2, -0.15) is 0 Å². The van der Waals surface area contributed by atoms with E-state index in [9.17, 15) is 0 Å². The molecular formula is C6H9O2. The molecule has 0 aromatic rings. The van der Waals surface area contributed by atoms with Crippen molar-refractivity contribution in [2.24, 2.45) is 0 Å². The molecule has 0 rings (SSSR count). The Morgan fingerprint density at radius 1 is 1.25 bits per heavy atom. The highest BCUT2D eigenvalue weighted by Crippen LogP contribution is 1.95. The van der Waals surface area contributed by atoms with Crippen LogP contribution in [0.1, 0.15) is 6.92 Å². The van der Waals surface area contributed by atoms with Gasteiger partial charge in [0.2, 0.25) is 0 Å². The van der Waals surface area contributed by atoms with Crippen LogP contribution in [0.3, 0.4) is 0 Å². The van der Waals surface area contributed by atoms with Gasteiger partial charge in [-0.15, -0.1) is 5.92 Å². The maximum atomic E-state index is 4.66. The van der Waals surface area contributed by atoms with Gasteiger partial charge in [-0.1, -0.05) is 0 Å². The number of hydrogen-bond acceptors (Lipinski definition) is 2. The maximum Gasteiger partial charge on any atom is 0.302 e. The van der Waals surface area contributed by atoms with E-state index in [1.54, 1.807) is 6.92 Å². The molecule has 0 fully saturated rings. The summed E-state index contributed by atoms with van der Waals surface area (Å²) in [6, 6.07) is 0. The summed E-state index contributed by atoms with van der Waals surface area (Å²) >= 11 is 0. The minimum atomic E-state index is 0.354. The Hall–Kier alpha value is -0.520. The van der Waals surface area contributed by atoms with Gasteiger partial charge in [0, 0.05) is 14.2 Å². The largest absolute Gasteiger partial charge is 0.338 e. The van der Waals surface area contributed by atoms with Crippen molar-refractivity contribution in [3.8, 4) is 11.8 Å². The number of hydrogen-bond donors (Lipinski definition) is 0. The van der Waals surface area contributed by atoms with Crippen molar-refractivity contribution in [3.05, 3.63) is 6.29 Å². The smallest absolute Gasteiger partial charge is 0.302 e. The molecule has 0 amide bonds. The van der Waals surface area contributed by atoms with Gasteiger partial charge in [0.15, 0.2) is 0 Å². The first-order valence-electron chi connectivity index (χ1n) is 2.22. The average molecular weight is 113 g/mol. The Labute approximate surface area is 49.8 Å². The fourth-order valence-electron chi connectivity index (χ4n) is 0.287. The maximum absolute atomic E-state index is 4.66. The highest BCUT2D eigenvalue weighted by Gasteiger charge is 1.98. The Morgan fingerprint density at radius 2 is 1.75 bits per heavy atom. The van der Waals surface area contributed by atoms with Gasteiger partial charge >= 0.3 is 6.29 Å². The second-order valence-corrected chi connectivity index (χ2v) is 1.07. The van der Waals surface area contributed by atoms with E-state index in [0.717, 1.165) is 0 Å². The van der Waals surface area contributed by atoms with Crippen molar-refractivity contribution in [2.45, 2.75) is 6.92 Å². The van der Waals surface area contributed by atoms with Gasteiger partial charge in [0.25, 0.3) is 0 Å². The zero-order valence-corrected chi connectivity index (χ0v) is 5.32. The van der Waals surface area contributed by atoms with Crippen LogP contribution in [0.25, 0.3) is 0 Å². The van der Waals surface area contributed by atoms with Crippen LogP contribution in [0.4, 0.5) is 0 Å². The van der Waals surface area contributed by atoms with Crippen molar-refractivity contribution < 1.29 is 9.47 Å². The number of rotatable bonds is 2. The Balaban J connectivity index is 3.47. The third kappa shape index (κ3) is 2.62. The van der Waals surface area contributed by atoms with Gasteiger partial charge < -0.3 is 9.47 Å². The SMILES string of the molecule is CC#C[C](OC)OC. The zero-order valence-electron chi connectivity index (χ0n) is 5.32. The van der Waals surface area contributed by atoms with Crippen molar-refractivity contribution in [1.29, 1.82) is 0 Å². The second-order valence-electron chi connectivity index (χ2n) is 1.07. The van der Waals surface area contributed by atoms with Crippen LogP contribution in [0.2, 0.25) is 0 Å². The third-order valence-corrected chi connectivity index (χ3v) is 0.598. The lowest BCUT2D eigenvalue weighted by Gasteiger charge is -1.99. The van der Waals surface area contributed by atoms with Crippen molar-refractivity contribution >= 4 is 0 Å². The summed E-state index contributed by atoms with van der Waals surface area (Å²) in [6.45, 7) is 1.72. The van der Waals surface area contributed by atoms with E-state index in [4.69, 9.17) is 0 Å². The monoisotopic (exact) mass is 113 g/mol. The molecule has 0 aliphatic carbocycles. The predicted octanol–water partition coefficient (Wildman–Crippen LogP) is 0.792. The van der Waals surface area contributed by atoms with E-state index in [-0.39, 0.29) is 0 Å². The van der Waals surface area contributed by atoms with Crippen LogP contribution in [0.5, 0.6) is 0 Å². The molecule has 2 nitrogen and oxygen atoms in total. The van der Waals surface area contributed by atoms with Gasteiger partial charge in [0.05, 0.1) is 0 Å². The van der Waals surface area contributed by atoms with Gasteiger partial charge in [-0.3, -0.25) is 0 Å². The van der Waals surface area contributed by atoms with Crippen molar-refractivity contribution in [2.75, 3.05) is 14.2 Å². The van der Waals surface area contributed by atoms with Crippen LogP contribution in [0, 0.1) is 18.1 Å². The van der Waals surface area contributed by atoms with E-state index in [2.05, 4.69) is 21.3 Å². The predicted molar refractivity (Wildman–Crippen MR) is 30.7 cm³/mol. The summed E-state index contributed by atoms with van der Waals surface area (Å²) in [4.78, 5) is 0. The molecular weight excluding hydrogens is 104 g/mol. The molecule has 8 heavy (non-hydrogen) atoms. The lowest BCUT2D eigenvalue weighted by molar-refractivity contribution is 0.0374. The quantitative estimate of drug-likeness (QED) is 0.493. The molecule has 1 radical (unpaired) electrons. The second kappa shape index (κ2) is 4.63. The molecule has 0 aromatic carbocycles. The van der Waals surface area contributed by atoms with Crippen LogP contribution in [0.15, 0.2) is 0 Å². The molecule has 0 bridgehead atoms. The van der Waals surface area contributed by atoms with E-state index in [0.29, 0.717) is 6.29 Å². The molecule has 0 N–H and O–H groups in total. The molecule has 0 unspecified atom stereocenters. The molecule has 0 saturated carbocycles. The normalized spacial score (nSPS) is 8.50. The molecule has 0 saturated heterocycles. The first-order valence-corrected chi connectivity index (χ1v) is 2.22. The summed E-state index contributed by atoms with van der Waals surface area (Å²) in [5, 5.41) is 0. The van der Waals surface area contributed by atoms with Crippen LogP contribution in [-0.4, -0.2) is 14.2 Å². The standard InChI is InChI=1S/C6H9O2/c1-4-5-6(7-2)8-3/h1-3H3. The van der Waals surface area contributed by atoms with E-state index in [1.807, 2.05) is 0 Å². The number of ether oxygens (including phenoxy) is 2. The summed E-state index contributed by atoms with van der Waals surface area (Å²) < 4.78 is 9.32. The first-order chi connectivity index (χ1) is 3.85. The molecule has 0 heterocycles. The Bertz CT molecular complexity index is 94.8. The topological polar surface area (TPSA) is 18.5 Å². The molecule has 0 spiro atoms. The molecule has 0 aliphatic heterocycles. The Morgan fingerprint density at radius 3 is 1.88 bits per heavy atom. The minimum Gasteiger partial charge on any atom is -0.338 e. The summed E-state index contributed by atoms with van der Waals surface area (Å²) in [5.41, 5.74) is 0. The van der Waals surface area contributed by atoms with E-state index < -0.39 is 0 Å². The average Bonchev–Trinajstić information content (AvgIpc) is 1.83. The summed E-state index contributed by atoms with van der Waals surface area (Å²) in [7, 11) is 3.03. The lowest BCUT2D eigenvalue weighted by Crippen LogP contribution is -1.98. The van der Waals surface area contributed by atoms with Crippen LogP contribution < -0.4 is 0 Å². The zero-order chi connectivity index (χ0) is 6.41. The van der Waals surface area contributed by atoms with Crippen LogP contribution >= 0.6 is 0 Å². The van der Waals surface area contributed by atoms with Gasteiger partial charge in [0.1, 0.15) is 0 Å². The van der Waals surface area contributed by atoms with Gasteiger partial charge in [-0.05, 0) is 12.8 Å². The minimum absolute atomic E-state index is 0.354. The first kappa shape index (κ1) is 7.48. The highest BCUT2D eigenvalue weighted by molar-refractivity contribution is 5.08. The van der Waals surface area contributed by atoms with E-state index in [1.165, 1.54) is 14.2 Å². The molecule has 0 aromatic heterocycles. The van der Waals surface area contributed by atoms with Gasteiger partial charge in [-0.25, -0.2) is 0 Å². The third-order valence-electron chi connectivity index (χ3n) is 0.598. The Kier molecular flexibility index (Phi) is 4.33. The summed E-state index contributed by atoms with van der Waals surface area (Å²) in [6.07, 6.45) is 0.354. The number of methoxy groups -OCH3 is 2. The fraction of sp³-hybridized carbons (Fsp3) is 0.500. The molecule has 0 atom stereocenters. The molecule has 2 heteroatoms. The summed E-state index contributed by atoms with van der Waals surface area (Å²) in [5.74, 6) is 5.24. The van der Waals surface area contributed by atoms with Crippen LogP contribution in [-0.2, 0) is 9.47 Å². The van der Waals surface area contributed by atoms with Crippen molar-refractivity contribution in [1.82, 2.24) is 0 Å². The lowest BCUT2D eigenvalue weighted by atomic mass is 10.6. The van der Waals surface area contributed by atoms with Crippen molar-refractivity contribution in [3.63, 3.8) is 0 Å². The fourth-order valence-corrected chi connectivity index (χ4v) is 0.287. The van der Waals surface area contributed by atoms with E-state index >= 15 is 0 Å². The molecule has 45 valence electrons.